The number of hydrogen-bond acceptors (Lipinski definition) is 7. The normalized spacial score (nSPS) is 13.8. The van der Waals surface area contributed by atoms with Crippen LogP contribution in [0.5, 0.6) is 5.75 Å². The molecule has 1 aliphatic rings. The van der Waals surface area contributed by atoms with Gasteiger partial charge in [-0.1, -0.05) is 12.1 Å². The smallest absolute Gasteiger partial charge is 0.229 e. The summed E-state index contributed by atoms with van der Waals surface area (Å²) in [6.07, 6.45) is 1.82. The molecule has 156 valence electrons. The van der Waals surface area contributed by atoms with Crippen molar-refractivity contribution < 1.29 is 4.74 Å². The van der Waals surface area contributed by atoms with Crippen LogP contribution < -0.4 is 25.6 Å². The number of methoxy groups -OCH3 is 1. The van der Waals surface area contributed by atoms with Crippen LogP contribution in [0.15, 0.2) is 48.7 Å². The van der Waals surface area contributed by atoms with E-state index in [1.807, 2.05) is 44.3 Å². The Balaban J connectivity index is 1.52. The first-order valence-electron chi connectivity index (χ1n) is 10.2. The second-order valence-electron chi connectivity index (χ2n) is 7.45. The second-order valence-corrected chi connectivity index (χ2v) is 7.45. The van der Waals surface area contributed by atoms with Crippen molar-refractivity contribution in [3.8, 4) is 5.75 Å². The van der Waals surface area contributed by atoms with Gasteiger partial charge in [0.1, 0.15) is 11.6 Å². The molecule has 0 saturated carbocycles. The molecule has 0 aliphatic carbocycles. The molecule has 0 unspecified atom stereocenters. The third-order valence-corrected chi connectivity index (χ3v) is 5.23. The number of aryl methyl sites for hydroxylation is 2. The molecule has 2 heterocycles. The second kappa shape index (κ2) is 9.00. The van der Waals surface area contributed by atoms with Gasteiger partial charge in [0.25, 0.3) is 0 Å². The maximum absolute atomic E-state index is 5.42. The van der Waals surface area contributed by atoms with Crippen LogP contribution >= 0.6 is 0 Å². The van der Waals surface area contributed by atoms with Gasteiger partial charge in [0.2, 0.25) is 5.95 Å². The van der Waals surface area contributed by atoms with Gasteiger partial charge in [0.15, 0.2) is 0 Å². The Kier molecular flexibility index (Phi) is 5.99. The van der Waals surface area contributed by atoms with Gasteiger partial charge in [-0.2, -0.15) is 4.98 Å². The van der Waals surface area contributed by atoms with Crippen LogP contribution in [0.25, 0.3) is 0 Å². The standard InChI is InChI=1S/C23H28N6O/c1-16-7-8-19(14-21(16)30-3)26-22-17(2)15-25-23(28-22)27-18-5-4-6-20(13-18)29-11-9-24-10-12-29/h4-8,13-15,24H,9-12H2,1-3H3,(H2,25,26,27,28). The van der Waals surface area contributed by atoms with E-state index in [0.717, 1.165) is 60.2 Å². The predicted octanol–water partition coefficient (Wildman–Crippen LogP) is 4.00. The lowest BCUT2D eigenvalue weighted by atomic mass is 10.2. The van der Waals surface area contributed by atoms with Crippen molar-refractivity contribution in [1.29, 1.82) is 0 Å². The fraction of sp³-hybridized carbons (Fsp3) is 0.304. The van der Waals surface area contributed by atoms with E-state index in [-0.39, 0.29) is 0 Å². The molecule has 0 bridgehead atoms. The maximum atomic E-state index is 5.42. The quantitative estimate of drug-likeness (QED) is 0.573. The third-order valence-electron chi connectivity index (χ3n) is 5.23. The Morgan fingerprint density at radius 2 is 1.77 bits per heavy atom. The van der Waals surface area contributed by atoms with Crippen molar-refractivity contribution in [2.24, 2.45) is 0 Å². The van der Waals surface area contributed by atoms with Gasteiger partial charge >= 0.3 is 0 Å². The van der Waals surface area contributed by atoms with E-state index in [2.05, 4.69) is 49.0 Å². The van der Waals surface area contributed by atoms with Gasteiger partial charge in [-0.05, 0) is 43.7 Å². The van der Waals surface area contributed by atoms with Crippen molar-refractivity contribution in [3.05, 3.63) is 59.8 Å². The van der Waals surface area contributed by atoms with E-state index < -0.39 is 0 Å². The van der Waals surface area contributed by atoms with Crippen LogP contribution in [-0.4, -0.2) is 43.3 Å². The van der Waals surface area contributed by atoms with Crippen molar-refractivity contribution >= 4 is 28.8 Å². The molecule has 7 nitrogen and oxygen atoms in total. The van der Waals surface area contributed by atoms with Crippen LogP contribution in [0, 0.1) is 13.8 Å². The molecule has 1 aliphatic heterocycles. The summed E-state index contributed by atoms with van der Waals surface area (Å²) in [5.41, 5.74) is 5.16. The Labute approximate surface area is 177 Å². The molecule has 7 heteroatoms. The SMILES string of the molecule is COc1cc(Nc2nc(Nc3cccc(N4CCNCC4)c3)ncc2C)ccc1C. The average molecular weight is 405 g/mol. The highest BCUT2D eigenvalue weighted by Crippen LogP contribution is 2.27. The van der Waals surface area contributed by atoms with E-state index in [1.54, 1.807) is 7.11 Å². The molecule has 0 atom stereocenters. The summed E-state index contributed by atoms with van der Waals surface area (Å²) >= 11 is 0. The summed E-state index contributed by atoms with van der Waals surface area (Å²) in [7, 11) is 1.68. The number of benzene rings is 2. The van der Waals surface area contributed by atoms with E-state index in [4.69, 9.17) is 4.74 Å². The number of piperazine rings is 1. The predicted molar refractivity (Wildman–Crippen MR) is 123 cm³/mol. The van der Waals surface area contributed by atoms with E-state index in [9.17, 15) is 0 Å². The molecule has 4 rings (SSSR count). The van der Waals surface area contributed by atoms with E-state index >= 15 is 0 Å². The fourth-order valence-corrected chi connectivity index (χ4v) is 3.50. The molecule has 30 heavy (non-hydrogen) atoms. The van der Waals surface area contributed by atoms with Crippen LogP contribution in [0.4, 0.5) is 28.8 Å². The number of aromatic nitrogens is 2. The highest BCUT2D eigenvalue weighted by molar-refractivity contribution is 5.65. The lowest BCUT2D eigenvalue weighted by Gasteiger charge is -2.29. The van der Waals surface area contributed by atoms with Crippen LogP contribution in [-0.2, 0) is 0 Å². The third kappa shape index (κ3) is 4.63. The minimum Gasteiger partial charge on any atom is -0.496 e. The van der Waals surface area contributed by atoms with Crippen LogP contribution in [0.2, 0.25) is 0 Å². The molecule has 0 spiro atoms. The molecule has 3 N–H and O–H groups in total. The fourth-order valence-electron chi connectivity index (χ4n) is 3.50. The van der Waals surface area contributed by atoms with Gasteiger partial charge in [0.05, 0.1) is 7.11 Å². The Hall–Kier alpha value is -3.32. The summed E-state index contributed by atoms with van der Waals surface area (Å²) in [6.45, 7) is 8.06. The van der Waals surface area contributed by atoms with Gasteiger partial charge < -0.3 is 25.6 Å². The van der Waals surface area contributed by atoms with Gasteiger partial charge in [0, 0.05) is 61.1 Å². The molecule has 0 amide bonds. The van der Waals surface area contributed by atoms with Crippen LogP contribution in [0.3, 0.4) is 0 Å². The van der Waals surface area contributed by atoms with Gasteiger partial charge in [-0.3, -0.25) is 0 Å². The molecule has 1 aromatic heterocycles. The monoisotopic (exact) mass is 404 g/mol. The minimum absolute atomic E-state index is 0.555. The largest absolute Gasteiger partial charge is 0.496 e. The number of anilines is 5. The van der Waals surface area contributed by atoms with Crippen molar-refractivity contribution in [3.63, 3.8) is 0 Å². The topological polar surface area (TPSA) is 74.3 Å². The molecular weight excluding hydrogens is 376 g/mol. The maximum Gasteiger partial charge on any atom is 0.229 e. The molecule has 2 aromatic carbocycles. The molecular formula is C23H28N6O. The number of hydrogen-bond donors (Lipinski definition) is 3. The number of nitrogens with zero attached hydrogens (tertiary/aromatic N) is 3. The zero-order valence-corrected chi connectivity index (χ0v) is 17.7. The zero-order chi connectivity index (χ0) is 20.9. The Bertz CT molecular complexity index is 1020. The lowest BCUT2D eigenvalue weighted by molar-refractivity contribution is 0.412. The molecule has 3 aromatic rings. The number of ether oxygens (including phenoxy) is 1. The van der Waals surface area contributed by atoms with Crippen LogP contribution in [0.1, 0.15) is 11.1 Å². The van der Waals surface area contributed by atoms with Gasteiger partial charge in [-0.15, -0.1) is 0 Å². The molecule has 0 radical (unpaired) electrons. The number of nitrogens with one attached hydrogen (secondary N) is 3. The van der Waals surface area contributed by atoms with Crippen molar-refractivity contribution in [1.82, 2.24) is 15.3 Å². The Morgan fingerprint density at radius 3 is 2.57 bits per heavy atom. The van der Waals surface area contributed by atoms with Crippen molar-refractivity contribution in [2.75, 3.05) is 48.8 Å². The van der Waals surface area contributed by atoms with E-state index in [0.29, 0.717) is 5.95 Å². The van der Waals surface area contributed by atoms with E-state index in [1.165, 1.54) is 5.69 Å². The first kappa shape index (κ1) is 20.0. The summed E-state index contributed by atoms with van der Waals surface area (Å²) in [5, 5.41) is 10.1. The van der Waals surface area contributed by atoms with Gasteiger partial charge in [-0.25, -0.2) is 4.98 Å². The Morgan fingerprint density at radius 1 is 0.967 bits per heavy atom. The first-order chi connectivity index (χ1) is 14.6. The average Bonchev–Trinajstić information content (AvgIpc) is 2.78. The molecule has 1 saturated heterocycles. The highest BCUT2D eigenvalue weighted by atomic mass is 16.5. The molecule has 1 fully saturated rings. The summed E-state index contributed by atoms with van der Waals surface area (Å²) in [4.78, 5) is 11.5. The first-order valence-corrected chi connectivity index (χ1v) is 10.2. The lowest BCUT2D eigenvalue weighted by Crippen LogP contribution is -2.43. The summed E-state index contributed by atoms with van der Waals surface area (Å²) < 4.78 is 5.42. The highest BCUT2D eigenvalue weighted by Gasteiger charge is 2.11. The summed E-state index contributed by atoms with van der Waals surface area (Å²) in [6, 6.07) is 14.4. The summed E-state index contributed by atoms with van der Waals surface area (Å²) in [5.74, 6) is 2.16. The van der Waals surface area contributed by atoms with Crippen molar-refractivity contribution in [2.45, 2.75) is 13.8 Å². The number of rotatable bonds is 6. The zero-order valence-electron chi connectivity index (χ0n) is 17.7. The minimum atomic E-state index is 0.555.